The van der Waals surface area contributed by atoms with E-state index < -0.39 is 41.0 Å². The zero-order valence-corrected chi connectivity index (χ0v) is 25.5. The second-order valence-corrected chi connectivity index (χ2v) is 11.2. The SMILES string of the molecule is CCCc1cc(C(O)(C(F)(F)F)C(F)(F)F)ccc1Oc1cc(CN2C(=O)NC(C)(c3ccc(OC)nc3)C2=O)c(I)cn1. The summed E-state index contributed by atoms with van der Waals surface area (Å²) in [6, 6.07) is 5.86. The molecule has 9 nitrogen and oxygen atoms in total. The predicted octanol–water partition coefficient (Wildman–Crippen LogP) is 6.11. The number of methoxy groups -OCH3 is 1. The number of amides is 3. The first-order valence-corrected chi connectivity index (χ1v) is 14.0. The van der Waals surface area contributed by atoms with Crippen LogP contribution in [0.15, 0.2) is 48.8 Å². The monoisotopic (exact) mass is 738 g/mol. The summed E-state index contributed by atoms with van der Waals surface area (Å²) in [5.41, 5.74) is -7.10. The van der Waals surface area contributed by atoms with E-state index in [2.05, 4.69) is 15.3 Å². The summed E-state index contributed by atoms with van der Waals surface area (Å²) in [5, 5.41) is 12.5. The summed E-state index contributed by atoms with van der Waals surface area (Å²) in [4.78, 5) is 35.5. The summed E-state index contributed by atoms with van der Waals surface area (Å²) < 4.78 is 92.1. The summed E-state index contributed by atoms with van der Waals surface area (Å²) in [6.45, 7) is 2.98. The number of imide groups is 1. The number of benzene rings is 1. The van der Waals surface area contributed by atoms with E-state index in [0.717, 1.165) is 11.0 Å². The lowest BCUT2D eigenvalue weighted by Crippen LogP contribution is -2.53. The molecule has 1 atom stereocenters. The van der Waals surface area contributed by atoms with E-state index in [4.69, 9.17) is 9.47 Å². The van der Waals surface area contributed by atoms with Crippen LogP contribution < -0.4 is 14.8 Å². The summed E-state index contributed by atoms with van der Waals surface area (Å²) in [7, 11) is 1.43. The van der Waals surface area contributed by atoms with Crippen LogP contribution in [0.3, 0.4) is 0 Å². The van der Waals surface area contributed by atoms with Crippen molar-refractivity contribution in [3.8, 4) is 17.5 Å². The van der Waals surface area contributed by atoms with Crippen molar-refractivity contribution >= 4 is 34.5 Å². The highest BCUT2D eigenvalue weighted by Crippen LogP contribution is 2.50. The molecule has 1 unspecified atom stereocenters. The number of halogens is 7. The molecular formula is C28H25F6IN4O5. The average Bonchev–Trinajstić information content (AvgIpc) is 3.17. The smallest absolute Gasteiger partial charge is 0.430 e. The van der Waals surface area contributed by atoms with Gasteiger partial charge in [0.05, 0.1) is 13.7 Å². The van der Waals surface area contributed by atoms with E-state index in [9.17, 15) is 41.0 Å². The Hall–Kier alpha value is -3.67. The number of nitrogens with one attached hydrogen (secondary N) is 1. The molecule has 3 aromatic rings. The molecule has 2 N–H and O–H groups in total. The molecule has 0 spiro atoms. The van der Waals surface area contributed by atoms with Crippen molar-refractivity contribution < 1.29 is 50.5 Å². The van der Waals surface area contributed by atoms with Crippen LogP contribution in [0.25, 0.3) is 0 Å². The fourth-order valence-electron chi connectivity index (χ4n) is 4.61. The lowest BCUT2D eigenvalue weighted by molar-refractivity contribution is -0.376. The van der Waals surface area contributed by atoms with E-state index in [1.54, 1.807) is 19.1 Å². The van der Waals surface area contributed by atoms with E-state index in [1.165, 1.54) is 32.5 Å². The standard InChI is InChI=1S/C28H25F6IN4O5/c1-4-5-15-10-17(26(42,27(29,30)31)28(32,33)34)6-8-20(15)44-22-11-16(19(35)13-37-22)14-39-23(40)25(2,38-24(39)41)18-7-9-21(43-3)36-12-18/h6-13,42H,4-5,14H2,1-3H3,(H,38,41). The van der Waals surface area contributed by atoms with E-state index >= 15 is 0 Å². The first-order valence-electron chi connectivity index (χ1n) is 12.9. The van der Waals surface area contributed by atoms with Crippen LogP contribution in [0.1, 0.15) is 42.5 Å². The van der Waals surface area contributed by atoms with Crippen LogP contribution in [-0.4, -0.2) is 51.4 Å². The Morgan fingerprint density at radius 3 is 2.20 bits per heavy atom. The van der Waals surface area contributed by atoms with Crippen molar-refractivity contribution in [2.75, 3.05) is 7.11 Å². The number of carbonyl (C=O) groups is 2. The lowest BCUT2D eigenvalue weighted by atomic mass is 9.90. The molecule has 1 fully saturated rings. The molecule has 3 heterocycles. The number of aliphatic hydroxyl groups is 1. The minimum Gasteiger partial charge on any atom is -0.481 e. The number of urea groups is 1. The zero-order chi connectivity index (χ0) is 32.7. The number of hydrogen-bond donors (Lipinski definition) is 2. The van der Waals surface area contributed by atoms with Crippen molar-refractivity contribution in [1.29, 1.82) is 0 Å². The number of nitrogens with zero attached hydrogens (tertiary/aromatic N) is 3. The summed E-state index contributed by atoms with van der Waals surface area (Å²) in [5.74, 6) is -0.428. The zero-order valence-electron chi connectivity index (χ0n) is 23.3. The van der Waals surface area contributed by atoms with E-state index in [-0.39, 0.29) is 30.2 Å². The third kappa shape index (κ3) is 6.00. The van der Waals surface area contributed by atoms with Crippen LogP contribution in [0.2, 0.25) is 0 Å². The molecule has 44 heavy (non-hydrogen) atoms. The number of aryl methyl sites for hydroxylation is 1. The molecule has 4 rings (SSSR count). The van der Waals surface area contributed by atoms with Gasteiger partial charge in [0.1, 0.15) is 11.3 Å². The summed E-state index contributed by atoms with van der Waals surface area (Å²) >= 11 is 1.93. The molecule has 0 saturated carbocycles. The minimum atomic E-state index is -6.04. The number of hydrogen-bond acceptors (Lipinski definition) is 7. The normalized spacial score (nSPS) is 17.6. The first-order chi connectivity index (χ1) is 20.5. The topological polar surface area (TPSA) is 114 Å². The van der Waals surface area contributed by atoms with Crippen LogP contribution >= 0.6 is 22.6 Å². The van der Waals surface area contributed by atoms with Gasteiger partial charge in [-0.25, -0.2) is 14.8 Å². The van der Waals surface area contributed by atoms with Gasteiger partial charge in [0, 0.05) is 39.2 Å². The van der Waals surface area contributed by atoms with Gasteiger partial charge in [-0.05, 0) is 65.3 Å². The van der Waals surface area contributed by atoms with E-state index in [1.807, 2.05) is 22.6 Å². The first kappa shape index (κ1) is 33.2. The average molecular weight is 738 g/mol. The van der Waals surface area contributed by atoms with Gasteiger partial charge in [-0.2, -0.15) is 26.3 Å². The number of alkyl halides is 6. The quantitative estimate of drug-likeness (QED) is 0.155. The van der Waals surface area contributed by atoms with Gasteiger partial charge >= 0.3 is 18.4 Å². The Bertz CT molecular complexity index is 1550. The Morgan fingerprint density at radius 1 is 0.977 bits per heavy atom. The van der Waals surface area contributed by atoms with Gasteiger partial charge in [0.15, 0.2) is 0 Å². The van der Waals surface area contributed by atoms with Crippen LogP contribution in [0.4, 0.5) is 31.1 Å². The number of aromatic nitrogens is 2. The highest BCUT2D eigenvalue weighted by atomic mass is 127. The van der Waals surface area contributed by atoms with Gasteiger partial charge in [-0.3, -0.25) is 9.69 Å². The van der Waals surface area contributed by atoms with Crippen LogP contribution in [-0.2, 0) is 28.9 Å². The molecule has 1 aromatic carbocycles. The van der Waals surface area contributed by atoms with Gasteiger partial charge in [-0.15, -0.1) is 0 Å². The Balaban J connectivity index is 1.62. The maximum atomic E-state index is 13.5. The molecule has 0 radical (unpaired) electrons. The molecule has 3 amide bonds. The van der Waals surface area contributed by atoms with Gasteiger partial charge in [0.25, 0.3) is 11.5 Å². The minimum absolute atomic E-state index is 0.0213. The number of rotatable bonds is 9. The molecule has 16 heteroatoms. The second kappa shape index (κ2) is 12.0. The van der Waals surface area contributed by atoms with Gasteiger partial charge in [0.2, 0.25) is 11.8 Å². The lowest BCUT2D eigenvalue weighted by Gasteiger charge is -2.33. The molecule has 1 saturated heterocycles. The fourth-order valence-corrected chi connectivity index (χ4v) is 5.07. The maximum absolute atomic E-state index is 13.5. The van der Waals surface area contributed by atoms with Crippen molar-refractivity contribution in [2.24, 2.45) is 0 Å². The molecule has 236 valence electrons. The molecule has 1 aliphatic heterocycles. The van der Waals surface area contributed by atoms with Crippen molar-refractivity contribution in [3.05, 3.63) is 74.6 Å². The predicted molar refractivity (Wildman–Crippen MR) is 151 cm³/mol. The van der Waals surface area contributed by atoms with Gasteiger partial charge in [-0.1, -0.05) is 19.4 Å². The highest BCUT2D eigenvalue weighted by Gasteiger charge is 2.71. The molecular weight excluding hydrogens is 713 g/mol. The van der Waals surface area contributed by atoms with Crippen molar-refractivity contribution in [3.63, 3.8) is 0 Å². The maximum Gasteiger partial charge on any atom is 0.430 e. The van der Waals surface area contributed by atoms with Crippen LogP contribution in [0, 0.1) is 3.57 Å². The molecule has 0 bridgehead atoms. The highest BCUT2D eigenvalue weighted by molar-refractivity contribution is 14.1. The Labute approximate surface area is 260 Å². The van der Waals surface area contributed by atoms with Crippen molar-refractivity contribution in [1.82, 2.24) is 20.2 Å². The largest absolute Gasteiger partial charge is 0.481 e. The third-order valence-corrected chi connectivity index (χ3v) is 8.04. The second-order valence-electron chi connectivity index (χ2n) is 10.0. The Morgan fingerprint density at radius 2 is 1.64 bits per heavy atom. The molecule has 2 aromatic heterocycles. The number of carbonyl (C=O) groups excluding carboxylic acids is 2. The third-order valence-electron chi connectivity index (χ3n) is 7.07. The Kier molecular flexibility index (Phi) is 9.08. The number of pyridine rings is 2. The summed E-state index contributed by atoms with van der Waals surface area (Å²) in [6.07, 6.45) is -8.95. The molecule has 1 aliphatic rings. The van der Waals surface area contributed by atoms with E-state index in [0.29, 0.717) is 39.1 Å². The number of ether oxygens (including phenoxy) is 2. The fraction of sp³-hybridized carbons (Fsp3) is 0.357. The molecule has 0 aliphatic carbocycles. The van der Waals surface area contributed by atoms with Gasteiger partial charge < -0.3 is 19.9 Å². The van der Waals surface area contributed by atoms with Crippen LogP contribution in [0.5, 0.6) is 17.5 Å². The van der Waals surface area contributed by atoms with Crippen molar-refractivity contribution in [2.45, 2.75) is 56.7 Å².